The van der Waals surface area contributed by atoms with E-state index in [0.29, 0.717) is 38.4 Å². The molecule has 0 aliphatic heterocycles. The number of nitrogens with zero attached hydrogens (tertiary/aromatic N) is 3. The van der Waals surface area contributed by atoms with Crippen LogP contribution < -0.4 is 4.90 Å². The lowest BCUT2D eigenvalue weighted by Crippen LogP contribution is -2.38. The zero-order chi connectivity index (χ0) is 24.1. The van der Waals surface area contributed by atoms with Gasteiger partial charge in [0.15, 0.2) is 5.82 Å². The molecule has 0 bridgehead atoms. The number of rotatable bonds is 7. The first kappa shape index (κ1) is 25.0. The molecule has 0 radical (unpaired) electrons. The number of benzene rings is 2. The van der Waals surface area contributed by atoms with E-state index in [4.69, 9.17) is 44.5 Å². The van der Waals surface area contributed by atoms with E-state index in [-0.39, 0.29) is 29.8 Å². The maximum Gasteiger partial charge on any atom is 0.254 e. The van der Waals surface area contributed by atoms with Crippen LogP contribution in [0.25, 0.3) is 22.4 Å². The van der Waals surface area contributed by atoms with E-state index < -0.39 is 0 Å². The monoisotopic (exact) mass is 501 g/mol. The Morgan fingerprint density at radius 2 is 1.73 bits per heavy atom. The fourth-order valence-electron chi connectivity index (χ4n) is 3.40. The zero-order valence-electron chi connectivity index (χ0n) is 18.4. The van der Waals surface area contributed by atoms with Crippen molar-refractivity contribution in [1.82, 2.24) is 4.98 Å². The smallest absolute Gasteiger partial charge is 0.254 e. The summed E-state index contributed by atoms with van der Waals surface area (Å²) in [4.78, 5) is 19.2. The Balaban J connectivity index is 2.33. The largest absolute Gasteiger partial charge is 0.375 e. The molecular weight excluding hydrogens is 481 g/mol. The molecule has 1 heterocycles. The van der Waals surface area contributed by atoms with Gasteiger partial charge in [0.1, 0.15) is 12.7 Å². The minimum atomic E-state index is -0.289. The van der Waals surface area contributed by atoms with Gasteiger partial charge in [-0.1, -0.05) is 60.8 Å². The molecule has 33 heavy (non-hydrogen) atoms. The first-order chi connectivity index (χ1) is 15.7. The number of methoxy groups -OCH3 is 1. The van der Waals surface area contributed by atoms with Crippen LogP contribution in [0.2, 0.25) is 15.1 Å². The van der Waals surface area contributed by atoms with Gasteiger partial charge in [-0.05, 0) is 47.9 Å². The van der Waals surface area contributed by atoms with Crippen LogP contribution >= 0.6 is 34.8 Å². The van der Waals surface area contributed by atoms with Gasteiger partial charge in [-0.15, -0.1) is 0 Å². The Morgan fingerprint density at radius 1 is 1.06 bits per heavy atom. The highest BCUT2D eigenvalue weighted by Crippen LogP contribution is 2.39. The summed E-state index contributed by atoms with van der Waals surface area (Å²) in [6.45, 7) is 4.21. The van der Waals surface area contributed by atoms with Crippen LogP contribution in [0.5, 0.6) is 0 Å². The Bertz CT molecular complexity index is 1200. The Kier molecular flexibility index (Phi) is 8.34. The molecule has 3 aromatic rings. The number of anilines is 1. The molecule has 3 rings (SSSR count). The summed E-state index contributed by atoms with van der Waals surface area (Å²) < 4.78 is 5.06. The summed E-state index contributed by atoms with van der Waals surface area (Å²) in [5, 5.41) is 11.4. The molecule has 5 nitrogen and oxygen atoms in total. The number of carbonyl (C=O) groups is 1. The van der Waals surface area contributed by atoms with Gasteiger partial charge in [-0.3, -0.25) is 9.69 Å². The second-order valence-electron chi connectivity index (χ2n) is 7.83. The van der Waals surface area contributed by atoms with Crippen molar-refractivity contribution < 1.29 is 9.53 Å². The molecule has 0 fully saturated rings. The van der Waals surface area contributed by atoms with Crippen LogP contribution in [0.1, 0.15) is 19.4 Å². The maximum atomic E-state index is 12.9. The number of aromatic nitrogens is 1. The summed E-state index contributed by atoms with van der Waals surface area (Å²) in [7, 11) is 1.45. The molecule has 0 aliphatic rings. The molecule has 2 aromatic carbocycles. The Morgan fingerprint density at radius 3 is 2.30 bits per heavy atom. The molecule has 0 aliphatic carbocycles. The van der Waals surface area contributed by atoms with Crippen LogP contribution in [-0.4, -0.2) is 31.2 Å². The fourth-order valence-corrected chi connectivity index (χ4v) is 4.02. The number of hydrogen-bond donors (Lipinski definition) is 0. The minimum Gasteiger partial charge on any atom is -0.375 e. The van der Waals surface area contributed by atoms with Crippen molar-refractivity contribution in [2.24, 2.45) is 5.92 Å². The van der Waals surface area contributed by atoms with Gasteiger partial charge in [0.05, 0.1) is 16.3 Å². The van der Waals surface area contributed by atoms with Gasteiger partial charge in [0.2, 0.25) is 0 Å². The molecule has 0 saturated carbocycles. The summed E-state index contributed by atoms with van der Waals surface area (Å²) in [5.41, 5.74) is 2.89. The van der Waals surface area contributed by atoms with Crippen molar-refractivity contribution in [2.45, 2.75) is 13.8 Å². The quantitative estimate of drug-likeness (QED) is 0.353. The average Bonchev–Trinajstić information content (AvgIpc) is 2.77. The highest BCUT2D eigenvalue weighted by Gasteiger charge is 2.25. The molecule has 0 saturated heterocycles. The van der Waals surface area contributed by atoms with Crippen molar-refractivity contribution in [3.05, 3.63) is 69.2 Å². The molecular formula is C25H22Cl3N3O2. The van der Waals surface area contributed by atoms with Gasteiger partial charge < -0.3 is 4.74 Å². The van der Waals surface area contributed by atoms with Gasteiger partial charge >= 0.3 is 0 Å². The van der Waals surface area contributed by atoms with Crippen LogP contribution in [0.15, 0.2) is 48.5 Å². The molecule has 0 atom stereocenters. The molecule has 0 N–H and O–H groups in total. The first-order valence-corrected chi connectivity index (χ1v) is 11.3. The highest BCUT2D eigenvalue weighted by molar-refractivity contribution is 6.36. The number of carbonyl (C=O) groups excluding carboxylic acids is 1. The molecule has 0 spiro atoms. The van der Waals surface area contributed by atoms with Crippen molar-refractivity contribution in [3.8, 4) is 28.5 Å². The SMILES string of the molecule is COCC(=O)N(CC(C)C)c1nc(-c2ccc(Cl)cc2Cl)c(-c2ccc(Cl)cc2)cc1C#N. The normalized spacial score (nSPS) is 10.8. The van der Waals surface area contributed by atoms with Crippen molar-refractivity contribution >= 4 is 46.5 Å². The minimum absolute atomic E-state index is 0.130. The number of pyridine rings is 1. The van der Waals surface area contributed by atoms with E-state index in [9.17, 15) is 10.1 Å². The third kappa shape index (κ3) is 5.85. The molecule has 1 aromatic heterocycles. The Labute approximate surface area is 208 Å². The standard InChI is InChI=1S/C25H22Cl3N3O2/c1-15(2)13-31(23(32)14-33-3)25-17(12-29)10-21(16-4-6-18(26)7-5-16)24(30-25)20-9-8-19(27)11-22(20)28/h4-11,15H,13-14H2,1-3H3. The predicted octanol–water partition coefficient (Wildman–Crippen LogP) is 6.88. The summed E-state index contributed by atoms with van der Waals surface area (Å²) in [6.07, 6.45) is 0. The summed E-state index contributed by atoms with van der Waals surface area (Å²) in [6, 6.07) is 16.2. The third-order valence-electron chi connectivity index (χ3n) is 4.84. The second-order valence-corrected chi connectivity index (χ2v) is 9.11. The molecule has 0 unspecified atom stereocenters. The molecule has 8 heteroatoms. The van der Waals surface area contributed by atoms with E-state index in [0.717, 1.165) is 5.56 Å². The summed E-state index contributed by atoms with van der Waals surface area (Å²) in [5.74, 6) is 0.104. The molecule has 170 valence electrons. The number of ether oxygens (including phenoxy) is 1. The van der Waals surface area contributed by atoms with Crippen molar-refractivity contribution in [2.75, 3.05) is 25.2 Å². The fraction of sp³-hybridized carbons (Fsp3) is 0.240. The number of halogens is 3. The third-order valence-corrected chi connectivity index (χ3v) is 5.64. The van der Waals surface area contributed by atoms with Crippen molar-refractivity contribution in [3.63, 3.8) is 0 Å². The van der Waals surface area contributed by atoms with E-state index in [1.165, 1.54) is 12.0 Å². The van der Waals surface area contributed by atoms with Crippen LogP contribution in [0.4, 0.5) is 5.82 Å². The lowest BCUT2D eigenvalue weighted by atomic mass is 9.97. The van der Waals surface area contributed by atoms with Crippen molar-refractivity contribution in [1.29, 1.82) is 5.26 Å². The Hall–Kier alpha value is -2.62. The van der Waals surface area contributed by atoms with E-state index in [1.54, 1.807) is 36.4 Å². The molecule has 1 amide bonds. The zero-order valence-corrected chi connectivity index (χ0v) is 20.7. The topological polar surface area (TPSA) is 66.2 Å². The van der Waals surface area contributed by atoms with E-state index in [1.807, 2.05) is 26.0 Å². The number of amides is 1. The average molecular weight is 503 g/mol. The lowest BCUT2D eigenvalue weighted by Gasteiger charge is -2.26. The first-order valence-electron chi connectivity index (χ1n) is 10.2. The highest BCUT2D eigenvalue weighted by atomic mass is 35.5. The van der Waals surface area contributed by atoms with Gasteiger partial charge in [0.25, 0.3) is 5.91 Å². The second kappa shape index (κ2) is 11.0. The van der Waals surface area contributed by atoms with Crippen LogP contribution in [0, 0.1) is 17.2 Å². The van der Waals surface area contributed by atoms with Gasteiger partial charge in [-0.2, -0.15) is 5.26 Å². The van der Waals surface area contributed by atoms with Crippen LogP contribution in [0.3, 0.4) is 0 Å². The van der Waals surface area contributed by atoms with Gasteiger partial charge in [-0.25, -0.2) is 4.98 Å². The lowest BCUT2D eigenvalue weighted by molar-refractivity contribution is -0.122. The van der Waals surface area contributed by atoms with E-state index >= 15 is 0 Å². The number of hydrogen-bond acceptors (Lipinski definition) is 4. The predicted molar refractivity (Wildman–Crippen MR) is 134 cm³/mol. The van der Waals surface area contributed by atoms with Crippen LogP contribution in [-0.2, 0) is 9.53 Å². The van der Waals surface area contributed by atoms with Gasteiger partial charge in [0, 0.05) is 34.8 Å². The summed E-state index contributed by atoms with van der Waals surface area (Å²) >= 11 is 18.7. The van der Waals surface area contributed by atoms with E-state index in [2.05, 4.69) is 6.07 Å². The number of nitriles is 1. The maximum absolute atomic E-state index is 12.9.